The lowest BCUT2D eigenvalue weighted by Gasteiger charge is -2.34. The van der Waals surface area contributed by atoms with E-state index in [1.54, 1.807) is 18.2 Å². The maximum atomic E-state index is 12.0. The van der Waals surface area contributed by atoms with Crippen molar-refractivity contribution in [2.45, 2.75) is 12.5 Å². The number of halogens is 1. The van der Waals surface area contributed by atoms with Gasteiger partial charge in [0.25, 0.3) is 5.91 Å². The first kappa shape index (κ1) is 17.1. The first-order valence-electron chi connectivity index (χ1n) is 8.21. The van der Waals surface area contributed by atoms with Gasteiger partial charge in [0.05, 0.1) is 6.61 Å². The number of carbonyl (C=O) groups is 2. The number of piperazine rings is 1. The lowest BCUT2D eigenvalue weighted by atomic mass is 10.1. The highest BCUT2D eigenvalue weighted by Gasteiger charge is 2.36. The van der Waals surface area contributed by atoms with Crippen molar-refractivity contribution in [3.8, 4) is 0 Å². The maximum Gasteiger partial charge on any atom is 0.254 e. The zero-order valence-corrected chi connectivity index (χ0v) is 14.2. The van der Waals surface area contributed by atoms with E-state index in [4.69, 9.17) is 16.3 Å². The average Bonchev–Trinajstić information content (AvgIpc) is 3.44. The first-order valence-corrected chi connectivity index (χ1v) is 8.59. The topological polar surface area (TPSA) is 53.2 Å². The third-order valence-electron chi connectivity index (χ3n) is 4.30. The molecular formula is C18H21ClN2O3. The highest BCUT2D eigenvalue weighted by atomic mass is 35.5. The van der Waals surface area contributed by atoms with Crippen molar-refractivity contribution in [3.05, 3.63) is 40.9 Å². The number of carbonyl (C=O) groups excluding carboxylic acids is 2. The van der Waals surface area contributed by atoms with Gasteiger partial charge in [0.15, 0.2) is 11.9 Å². The van der Waals surface area contributed by atoms with E-state index in [-0.39, 0.29) is 17.8 Å². The van der Waals surface area contributed by atoms with E-state index >= 15 is 0 Å². The molecule has 1 amide bonds. The van der Waals surface area contributed by atoms with E-state index in [0.29, 0.717) is 31.1 Å². The molecule has 0 aromatic heterocycles. The van der Waals surface area contributed by atoms with E-state index in [2.05, 4.69) is 4.90 Å². The van der Waals surface area contributed by atoms with Crippen LogP contribution >= 0.6 is 11.6 Å². The molecule has 128 valence electrons. The van der Waals surface area contributed by atoms with Crippen LogP contribution in [0, 0.1) is 0 Å². The zero-order valence-electron chi connectivity index (χ0n) is 13.5. The van der Waals surface area contributed by atoms with Gasteiger partial charge in [-0.3, -0.25) is 14.5 Å². The molecule has 2 fully saturated rings. The normalized spacial score (nSPS) is 21.2. The van der Waals surface area contributed by atoms with Gasteiger partial charge in [0, 0.05) is 44.2 Å². The van der Waals surface area contributed by atoms with Crippen LogP contribution < -0.4 is 0 Å². The van der Waals surface area contributed by atoms with Gasteiger partial charge >= 0.3 is 0 Å². The minimum atomic E-state index is -0.198. The van der Waals surface area contributed by atoms with Crippen LogP contribution in [0.4, 0.5) is 0 Å². The fourth-order valence-electron chi connectivity index (χ4n) is 2.70. The van der Waals surface area contributed by atoms with E-state index < -0.39 is 0 Å². The Balaban J connectivity index is 1.37. The number of ketones is 1. The Bertz CT molecular complexity index is 618. The van der Waals surface area contributed by atoms with Gasteiger partial charge < -0.3 is 9.64 Å². The number of ether oxygens (including phenoxy) is 1. The summed E-state index contributed by atoms with van der Waals surface area (Å²) < 4.78 is 5.03. The summed E-state index contributed by atoms with van der Waals surface area (Å²) >= 11 is 5.83. The second-order valence-electron chi connectivity index (χ2n) is 6.09. The van der Waals surface area contributed by atoms with Crippen LogP contribution in [0.25, 0.3) is 6.08 Å². The van der Waals surface area contributed by atoms with Gasteiger partial charge in [0.1, 0.15) is 0 Å². The quantitative estimate of drug-likeness (QED) is 0.581. The maximum absolute atomic E-state index is 12.0. The van der Waals surface area contributed by atoms with Crippen molar-refractivity contribution >= 4 is 29.4 Å². The number of nitrogens with zero attached hydrogens (tertiary/aromatic N) is 2. The Labute approximate surface area is 146 Å². The highest BCUT2D eigenvalue weighted by molar-refractivity contribution is 6.30. The molecule has 0 saturated carbocycles. The lowest BCUT2D eigenvalue weighted by Crippen LogP contribution is -2.50. The fourth-order valence-corrected chi connectivity index (χ4v) is 2.83. The smallest absolute Gasteiger partial charge is 0.254 e. The van der Waals surface area contributed by atoms with Crippen molar-refractivity contribution in [2.24, 2.45) is 0 Å². The number of hydrogen-bond donors (Lipinski definition) is 0. The minimum Gasteiger partial charge on any atom is -0.363 e. The molecule has 24 heavy (non-hydrogen) atoms. The van der Waals surface area contributed by atoms with Gasteiger partial charge in [0.2, 0.25) is 0 Å². The molecule has 3 rings (SSSR count). The molecule has 1 aromatic carbocycles. The van der Waals surface area contributed by atoms with Crippen LogP contribution in [-0.2, 0) is 14.3 Å². The number of epoxide rings is 1. The summed E-state index contributed by atoms with van der Waals surface area (Å²) in [5, 5.41) is 0.685. The predicted octanol–water partition coefficient (Wildman–Crippen LogP) is 1.86. The minimum absolute atomic E-state index is 0.106. The molecule has 0 bridgehead atoms. The van der Waals surface area contributed by atoms with Crippen LogP contribution in [0.1, 0.15) is 12.0 Å². The van der Waals surface area contributed by atoms with E-state index in [1.165, 1.54) is 0 Å². The molecule has 1 unspecified atom stereocenters. The van der Waals surface area contributed by atoms with Gasteiger partial charge in [-0.05, 0) is 23.8 Å². The van der Waals surface area contributed by atoms with Crippen LogP contribution in [0.15, 0.2) is 30.3 Å². The van der Waals surface area contributed by atoms with Gasteiger partial charge in [-0.1, -0.05) is 29.8 Å². The first-order chi connectivity index (χ1) is 11.6. The number of amides is 1. The largest absolute Gasteiger partial charge is 0.363 e. The Kier molecular flexibility index (Phi) is 5.66. The summed E-state index contributed by atoms with van der Waals surface area (Å²) in [6.45, 7) is 4.35. The molecule has 0 spiro atoms. The van der Waals surface area contributed by atoms with Gasteiger partial charge in [-0.2, -0.15) is 0 Å². The van der Waals surface area contributed by atoms with Crippen molar-refractivity contribution in [3.63, 3.8) is 0 Å². The van der Waals surface area contributed by atoms with Crippen LogP contribution in [0.5, 0.6) is 0 Å². The summed E-state index contributed by atoms with van der Waals surface area (Å²) in [7, 11) is 0. The molecule has 6 heteroatoms. The molecule has 1 atom stereocenters. The SMILES string of the molecule is O=C(/C=C/c1ccc(Cl)cc1)CCN1CCN(C(=O)C2CO2)CC1. The molecule has 2 aliphatic heterocycles. The van der Waals surface area contributed by atoms with E-state index in [0.717, 1.165) is 25.2 Å². The lowest BCUT2D eigenvalue weighted by molar-refractivity contribution is -0.134. The summed E-state index contributed by atoms with van der Waals surface area (Å²) in [5.74, 6) is 0.214. The Hall–Kier alpha value is -1.69. The molecule has 5 nitrogen and oxygen atoms in total. The van der Waals surface area contributed by atoms with Crippen molar-refractivity contribution in [2.75, 3.05) is 39.3 Å². The average molecular weight is 349 g/mol. The number of rotatable bonds is 6. The third kappa shape index (κ3) is 4.90. The molecule has 2 aliphatic rings. The fraction of sp³-hybridized carbons (Fsp3) is 0.444. The van der Waals surface area contributed by atoms with E-state index in [9.17, 15) is 9.59 Å². The molecule has 1 aromatic rings. The molecule has 0 radical (unpaired) electrons. The van der Waals surface area contributed by atoms with Crippen molar-refractivity contribution < 1.29 is 14.3 Å². The summed E-state index contributed by atoms with van der Waals surface area (Å²) in [6.07, 6.45) is 3.72. The van der Waals surface area contributed by atoms with Crippen LogP contribution in [0.2, 0.25) is 5.02 Å². The Morgan fingerprint density at radius 3 is 2.46 bits per heavy atom. The number of benzene rings is 1. The highest BCUT2D eigenvalue weighted by Crippen LogP contribution is 2.15. The molecule has 2 heterocycles. The van der Waals surface area contributed by atoms with Crippen LogP contribution in [0.3, 0.4) is 0 Å². The molecule has 0 N–H and O–H groups in total. The summed E-state index contributed by atoms with van der Waals surface area (Å²) in [6, 6.07) is 7.37. The van der Waals surface area contributed by atoms with Gasteiger partial charge in [-0.25, -0.2) is 0 Å². The Morgan fingerprint density at radius 1 is 1.17 bits per heavy atom. The van der Waals surface area contributed by atoms with Crippen molar-refractivity contribution in [1.29, 1.82) is 0 Å². The van der Waals surface area contributed by atoms with Gasteiger partial charge in [-0.15, -0.1) is 0 Å². The molecular weight excluding hydrogens is 328 g/mol. The molecule has 0 aliphatic carbocycles. The molecule has 2 saturated heterocycles. The number of allylic oxidation sites excluding steroid dienone is 1. The second-order valence-corrected chi connectivity index (χ2v) is 6.53. The Morgan fingerprint density at radius 2 is 1.83 bits per heavy atom. The summed E-state index contributed by atoms with van der Waals surface area (Å²) in [5.41, 5.74) is 0.960. The van der Waals surface area contributed by atoms with Crippen LogP contribution in [-0.4, -0.2) is 66.9 Å². The third-order valence-corrected chi connectivity index (χ3v) is 4.55. The van der Waals surface area contributed by atoms with E-state index in [1.807, 2.05) is 23.1 Å². The number of hydrogen-bond acceptors (Lipinski definition) is 4. The van der Waals surface area contributed by atoms with Crippen molar-refractivity contribution in [1.82, 2.24) is 9.80 Å². The second kappa shape index (κ2) is 7.92. The monoisotopic (exact) mass is 348 g/mol. The summed E-state index contributed by atoms with van der Waals surface area (Å²) in [4.78, 5) is 27.9. The predicted molar refractivity (Wildman–Crippen MR) is 92.9 cm³/mol. The zero-order chi connectivity index (χ0) is 16.9. The standard InChI is InChI=1S/C18H21ClN2O3/c19-15-4-1-14(2-5-15)3-6-16(22)7-8-20-9-11-21(12-10-20)18(23)17-13-24-17/h1-6,17H,7-13H2/b6-3+.